The van der Waals surface area contributed by atoms with Crippen LogP contribution in [0, 0.1) is 0 Å². The van der Waals surface area contributed by atoms with Crippen LogP contribution in [0.2, 0.25) is 0 Å². The van der Waals surface area contributed by atoms with Gasteiger partial charge in [-0.2, -0.15) is 8.42 Å². The van der Waals surface area contributed by atoms with Crippen molar-refractivity contribution < 1.29 is 32.4 Å². The smallest absolute Gasteiger partial charge is 0.327 e. The number of amides is 1. The maximum absolute atomic E-state index is 12.0. The van der Waals surface area contributed by atoms with Crippen LogP contribution < -0.4 is 5.32 Å². The molecule has 1 unspecified atom stereocenters. The summed E-state index contributed by atoms with van der Waals surface area (Å²) in [6, 6.07) is 6.50. The van der Waals surface area contributed by atoms with Crippen molar-refractivity contribution in [2.24, 2.45) is 0 Å². The summed E-state index contributed by atoms with van der Waals surface area (Å²) in [4.78, 5) is 22.9. The Hall–Kier alpha value is -1.97. The fraction of sp³-hybridized carbons (Fsp3) is 0.333. The zero-order chi connectivity index (χ0) is 16.0. The molecule has 0 radical (unpaired) electrons. The number of benzene rings is 1. The summed E-state index contributed by atoms with van der Waals surface area (Å²) in [5.41, 5.74) is 0.480. The van der Waals surface area contributed by atoms with Crippen LogP contribution in [-0.4, -0.2) is 48.9 Å². The summed E-state index contributed by atoms with van der Waals surface area (Å²) in [7, 11) is -3.29. The van der Waals surface area contributed by atoms with Crippen LogP contribution in [0.15, 0.2) is 30.3 Å². The third-order valence-electron chi connectivity index (χ3n) is 2.57. The molecule has 0 heterocycles. The van der Waals surface area contributed by atoms with Crippen molar-refractivity contribution in [2.75, 3.05) is 12.9 Å². The number of carbonyl (C=O) groups excluding carboxylic acids is 1. The second-order valence-corrected chi connectivity index (χ2v) is 5.67. The number of carboxylic acids is 1. The van der Waals surface area contributed by atoms with E-state index in [9.17, 15) is 18.0 Å². The molecule has 116 valence electrons. The zero-order valence-corrected chi connectivity index (χ0v) is 11.9. The highest BCUT2D eigenvalue weighted by Crippen LogP contribution is 2.16. The third kappa shape index (κ3) is 5.50. The van der Waals surface area contributed by atoms with Crippen LogP contribution in [0.5, 0.6) is 0 Å². The van der Waals surface area contributed by atoms with Gasteiger partial charge < -0.3 is 15.2 Å². The summed E-state index contributed by atoms with van der Waals surface area (Å²) in [5, 5.41) is 10.9. The Morgan fingerprint density at radius 3 is 2.29 bits per heavy atom. The molecule has 0 fully saturated rings. The quantitative estimate of drug-likeness (QED) is 0.595. The largest absolute Gasteiger partial charge is 0.480 e. The Bertz CT molecular complexity index is 599. The van der Waals surface area contributed by atoms with E-state index >= 15 is 0 Å². The first-order valence-electron chi connectivity index (χ1n) is 5.80. The van der Waals surface area contributed by atoms with E-state index in [-0.39, 0.29) is 0 Å². The van der Waals surface area contributed by atoms with Crippen LogP contribution in [0.4, 0.5) is 0 Å². The van der Waals surface area contributed by atoms with Gasteiger partial charge in [0.05, 0.1) is 0 Å². The molecule has 8 nitrogen and oxygen atoms in total. The molecule has 0 saturated carbocycles. The van der Waals surface area contributed by atoms with Crippen LogP contribution in [0.1, 0.15) is 11.7 Å². The van der Waals surface area contributed by atoms with E-state index in [4.69, 9.17) is 14.4 Å². The van der Waals surface area contributed by atoms with Gasteiger partial charge in [-0.05, 0) is 5.56 Å². The lowest BCUT2D eigenvalue weighted by Gasteiger charge is -2.19. The van der Waals surface area contributed by atoms with Gasteiger partial charge in [-0.25, -0.2) is 4.79 Å². The molecule has 0 aliphatic heterocycles. The predicted molar refractivity (Wildman–Crippen MR) is 72.2 cm³/mol. The van der Waals surface area contributed by atoms with Gasteiger partial charge in [-0.1, -0.05) is 30.3 Å². The van der Waals surface area contributed by atoms with E-state index in [1.54, 1.807) is 30.3 Å². The maximum Gasteiger partial charge on any atom is 0.327 e. The Morgan fingerprint density at radius 1 is 1.29 bits per heavy atom. The Morgan fingerprint density at radius 2 is 1.86 bits per heavy atom. The first kappa shape index (κ1) is 17.1. The van der Waals surface area contributed by atoms with Crippen molar-refractivity contribution in [3.8, 4) is 0 Å². The summed E-state index contributed by atoms with van der Waals surface area (Å²) in [6.07, 6.45) is -1.09. The molecule has 0 saturated heterocycles. The van der Waals surface area contributed by atoms with Gasteiger partial charge in [0.25, 0.3) is 16.0 Å². The molecule has 1 aromatic rings. The molecule has 0 bridgehead atoms. The molecule has 9 heteroatoms. The molecule has 0 aromatic heterocycles. The summed E-state index contributed by atoms with van der Waals surface area (Å²) < 4.78 is 35.2. The minimum Gasteiger partial charge on any atom is -0.480 e. The number of hydrogen-bond donors (Lipinski definition) is 3. The standard InChI is InChI=1S/C12H15NO7S/c1-20-10(8-5-3-2-4-6-8)11(14)13-9(12(15)16)7-21(17,18)19/h2-6,9-10H,7H2,1H3,(H,13,14)(H,15,16)(H,17,18,19)/t9-,10?/m0/s1. The molecule has 3 N–H and O–H groups in total. The van der Waals surface area contributed by atoms with Crippen LogP contribution >= 0.6 is 0 Å². The summed E-state index contributed by atoms with van der Waals surface area (Å²) >= 11 is 0. The molecule has 1 aromatic carbocycles. The molecule has 21 heavy (non-hydrogen) atoms. The molecule has 2 atom stereocenters. The Kier molecular flexibility index (Phi) is 5.82. The molecule has 0 spiro atoms. The lowest BCUT2D eigenvalue weighted by molar-refractivity contribution is -0.143. The van der Waals surface area contributed by atoms with Gasteiger partial charge >= 0.3 is 5.97 Å². The average Bonchev–Trinajstić information content (AvgIpc) is 2.38. The van der Waals surface area contributed by atoms with Crippen molar-refractivity contribution in [1.29, 1.82) is 0 Å². The zero-order valence-electron chi connectivity index (χ0n) is 11.1. The maximum atomic E-state index is 12.0. The minimum absolute atomic E-state index is 0.480. The van der Waals surface area contributed by atoms with Crippen molar-refractivity contribution in [1.82, 2.24) is 5.32 Å². The highest BCUT2D eigenvalue weighted by atomic mass is 32.2. The van der Waals surface area contributed by atoms with E-state index in [0.717, 1.165) is 0 Å². The van der Waals surface area contributed by atoms with Crippen LogP contribution in [0.25, 0.3) is 0 Å². The van der Waals surface area contributed by atoms with Crippen molar-refractivity contribution in [3.05, 3.63) is 35.9 Å². The number of nitrogens with one attached hydrogen (secondary N) is 1. The van der Waals surface area contributed by atoms with Crippen molar-refractivity contribution >= 4 is 22.0 Å². The molecule has 0 aliphatic rings. The lowest BCUT2D eigenvalue weighted by Crippen LogP contribution is -2.47. The number of carbonyl (C=O) groups is 2. The highest BCUT2D eigenvalue weighted by Gasteiger charge is 2.29. The summed E-state index contributed by atoms with van der Waals surface area (Å²) in [6.45, 7) is 0. The van der Waals surface area contributed by atoms with E-state index < -0.39 is 39.9 Å². The normalized spacial score (nSPS) is 14.2. The molecule has 1 amide bonds. The van der Waals surface area contributed by atoms with E-state index in [2.05, 4.69) is 0 Å². The first-order chi connectivity index (χ1) is 9.74. The average molecular weight is 317 g/mol. The van der Waals surface area contributed by atoms with Crippen molar-refractivity contribution in [3.63, 3.8) is 0 Å². The number of aliphatic carboxylic acids is 1. The first-order valence-corrected chi connectivity index (χ1v) is 7.41. The fourth-order valence-corrected chi connectivity index (χ4v) is 2.30. The number of hydrogen-bond acceptors (Lipinski definition) is 5. The fourth-order valence-electron chi connectivity index (χ4n) is 1.66. The van der Waals surface area contributed by atoms with E-state index in [1.807, 2.05) is 5.32 Å². The lowest BCUT2D eigenvalue weighted by atomic mass is 10.1. The van der Waals surface area contributed by atoms with Gasteiger partial charge in [0, 0.05) is 7.11 Å². The Balaban J connectivity index is 2.87. The molecule has 1 rings (SSSR count). The Labute approximate surface area is 121 Å². The summed E-state index contributed by atoms with van der Waals surface area (Å²) in [5.74, 6) is -3.53. The van der Waals surface area contributed by atoms with E-state index in [1.165, 1.54) is 7.11 Å². The highest BCUT2D eigenvalue weighted by molar-refractivity contribution is 7.85. The second-order valence-electron chi connectivity index (χ2n) is 4.17. The van der Waals surface area contributed by atoms with Gasteiger partial charge in [0.1, 0.15) is 11.8 Å². The van der Waals surface area contributed by atoms with Gasteiger partial charge in [0.15, 0.2) is 6.10 Å². The van der Waals surface area contributed by atoms with Gasteiger partial charge in [0.2, 0.25) is 0 Å². The topological polar surface area (TPSA) is 130 Å². The van der Waals surface area contributed by atoms with Crippen molar-refractivity contribution in [2.45, 2.75) is 12.1 Å². The van der Waals surface area contributed by atoms with Gasteiger partial charge in [-0.3, -0.25) is 9.35 Å². The molecular formula is C12H15NO7S. The monoisotopic (exact) mass is 317 g/mol. The number of carboxylic acid groups (broad SMARTS) is 1. The number of ether oxygens (including phenoxy) is 1. The minimum atomic E-state index is -4.55. The SMILES string of the molecule is COC(C(=O)N[C@@H](CS(=O)(=O)O)C(=O)O)c1ccccc1. The molecule has 0 aliphatic carbocycles. The van der Waals surface area contributed by atoms with E-state index in [0.29, 0.717) is 5.56 Å². The number of methoxy groups -OCH3 is 1. The van der Waals surface area contributed by atoms with Crippen LogP contribution in [0.3, 0.4) is 0 Å². The molecular weight excluding hydrogens is 302 g/mol. The van der Waals surface area contributed by atoms with Gasteiger partial charge in [-0.15, -0.1) is 0 Å². The van der Waals surface area contributed by atoms with Crippen LogP contribution in [-0.2, 0) is 24.4 Å². The predicted octanol–water partition coefficient (Wildman–Crippen LogP) is -0.169. The second kappa shape index (κ2) is 7.16. The number of rotatable bonds is 7. The third-order valence-corrected chi connectivity index (χ3v) is 3.32.